The molecule has 0 spiro atoms. The zero-order valence-corrected chi connectivity index (χ0v) is 9.19. The molecule has 0 saturated carbocycles. The lowest BCUT2D eigenvalue weighted by Crippen LogP contribution is -2.12. The fourth-order valence-corrected chi connectivity index (χ4v) is 1.26. The smallest absolute Gasteiger partial charge is 0.338 e. The summed E-state index contributed by atoms with van der Waals surface area (Å²) in [6.07, 6.45) is 0.577. The van der Waals surface area contributed by atoms with Gasteiger partial charge in [0.05, 0.1) is 17.6 Å². The Hall–Kier alpha value is -2.86. The largest absolute Gasteiger partial charge is 0.465 e. The number of ether oxygens (including phenoxy) is 1. The van der Waals surface area contributed by atoms with E-state index in [0.717, 1.165) is 25.3 Å². The van der Waals surface area contributed by atoms with E-state index in [1.807, 2.05) is 0 Å². The predicted molar refractivity (Wildman–Crippen MR) is 58.4 cm³/mol. The van der Waals surface area contributed by atoms with Gasteiger partial charge in [0, 0.05) is 17.7 Å². The molecule has 0 aliphatic heterocycles. The van der Waals surface area contributed by atoms with E-state index in [2.05, 4.69) is 9.53 Å². The van der Waals surface area contributed by atoms with Crippen LogP contribution in [0.4, 0.5) is 5.69 Å². The lowest BCUT2D eigenvalue weighted by atomic mass is 10.0. The summed E-state index contributed by atoms with van der Waals surface area (Å²) in [5, 5.41) is 10.6. The number of benzene rings is 1. The van der Waals surface area contributed by atoms with Crippen LogP contribution in [0.1, 0.15) is 20.7 Å². The molecule has 1 rings (SSSR count). The topological polar surface area (TPSA) is 123 Å². The fraction of sp³-hybridized carbons (Fsp3) is 0.100. The molecule has 0 fully saturated rings. The Morgan fingerprint density at radius 1 is 1.44 bits per heavy atom. The first kappa shape index (κ1) is 13.2. The van der Waals surface area contributed by atoms with Gasteiger partial charge in [0.2, 0.25) is 0 Å². The Labute approximate surface area is 101 Å². The van der Waals surface area contributed by atoms with Gasteiger partial charge in [-0.2, -0.15) is 4.79 Å². The second-order valence-corrected chi connectivity index (χ2v) is 3.09. The molecule has 92 valence electrons. The van der Waals surface area contributed by atoms with E-state index in [-0.39, 0.29) is 16.8 Å². The Morgan fingerprint density at radius 2 is 2.11 bits per heavy atom. The number of methoxy groups -OCH3 is 1. The van der Waals surface area contributed by atoms with Gasteiger partial charge < -0.3 is 10.3 Å². The van der Waals surface area contributed by atoms with Gasteiger partial charge in [-0.3, -0.25) is 14.9 Å². The molecule has 0 atom stereocenters. The van der Waals surface area contributed by atoms with Crippen molar-refractivity contribution >= 4 is 23.7 Å². The first-order chi connectivity index (χ1) is 8.51. The minimum absolute atomic E-state index is 0.148. The van der Waals surface area contributed by atoms with E-state index in [9.17, 15) is 19.7 Å². The summed E-state index contributed by atoms with van der Waals surface area (Å²) < 4.78 is 4.42. The molecular formula is C10H7N3O5. The molecule has 1 aromatic rings. The van der Waals surface area contributed by atoms with Crippen molar-refractivity contribution in [1.29, 1.82) is 0 Å². The van der Waals surface area contributed by atoms with Crippen LogP contribution in [-0.4, -0.2) is 34.8 Å². The van der Waals surface area contributed by atoms with Gasteiger partial charge in [-0.05, 0) is 6.07 Å². The average molecular weight is 249 g/mol. The van der Waals surface area contributed by atoms with Crippen LogP contribution >= 0.6 is 0 Å². The van der Waals surface area contributed by atoms with Crippen LogP contribution in [-0.2, 0) is 4.74 Å². The number of ketones is 1. The summed E-state index contributed by atoms with van der Waals surface area (Å²) in [7, 11) is 1.08. The van der Waals surface area contributed by atoms with Crippen molar-refractivity contribution in [2.75, 3.05) is 7.11 Å². The van der Waals surface area contributed by atoms with E-state index < -0.39 is 16.7 Å². The number of hydrogen-bond acceptors (Lipinski definition) is 5. The minimum atomic E-state index is -0.895. The van der Waals surface area contributed by atoms with Crippen molar-refractivity contribution in [3.05, 3.63) is 45.0 Å². The van der Waals surface area contributed by atoms with Crippen molar-refractivity contribution < 1.29 is 24.0 Å². The third-order valence-corrected chi connectivity index (χ3v) is 2.06. The third kappa shape index (κ3) is 2.63. The summed E-state index contributed by atoms with van der Waals surface area (Å²) in [4.78, 5) is 35.3. The van der Waals surface area contributed by atoms with Crippen LogP contribution in [0, 0.1) is 10.1 Å². The molecule has 18 heavy (non-hydrogen) atoms. The first-order valence-corrected chi connectivity index (χ1v) is 4.59. The Kier molecular flexibility index (Phi) is 4.01. The highest BCUT2D eigenvalue weighted by Crippen LogP contribution is 2.19. The van der Waals surface area contributed by atoms with Gasteiger partial charge in [-0.1, -0.05) is 0 Å². The van der Waals surface area contributed by atoms with E-state index in [4.69, 9.17) is 5.53 Å². The number of esters is 1. The second-order valence-electron chi connectivity index (χ2n) is 3.09. The molecule has 0 saturated heterocycles. The van der Waals surface area contributed by atoms with Crippen molar-refractivity contribution in [3.8, 4) is 0 Å². The SMILES string of the molecule is COC(=O)c1cc([N+](=O)[O-])ccc1C(=O)C=[N+]=[N-]. The molecule has 8 heteroatoms. The molecule has 8 nitrogen and oxygen atoms in total. The summed E-state index contributed by atoms with van der Waals surface area (Å²) in [5.74, 6) is -1.67. The summed E-state index contributed by atoms with van der Waals surface area (Å²) in [6, 6.07) is 3.07. The fourth-order valence-electron chi connectivity index (χ4n) is 1.26. The minimum Gasteiger partial charge on any atom is -0.465 e. The van der Waals surface area contributed by atoms with Gasteiger partial charge in [-0.15, -0.1) is 0 Å². The predicted octanol–water partition coefficient (Wildman–Crippen LogP) is 0.865. The average Bonchev–Trinajstić information content (AvgIpc) is 2.37. The highest BCUT2D eigenvalue weighted by Gasteiger charge is 2.22. The zero-order valence-electron chi connectivity index (χ0n) is 9.19. The van der Waals surface area contributed by atoms with Crippen LogP contribution in [0.5, 0.6) is 0 Å². The van der Waals surface area contributed by atoms with Gasteiger partial charge >= 0.3 is 12.2 Å². The van der Waals surface area contributed by atoms with Crippen molar-refractivity contribution in [3.63, 3.8) is 0 Å². The van der Waals surface area contributed by atoms with Gasteiger partial charge in [0.15, 0.2) is 0 Å². The van der Waals surface area contributed by atoms with E-state index in [1.54, 1.807) is 0 Å². The summed E-state index contributed by atoms with van der Waals surface area (Å²) >= 11 is 0. The van der Waals surface area contributed by atoms with Crippen LogP contribution in [0.3, 0.4) is 0 Å². The Morgan fingerprint density at radius 3 is 2.61 bits per heavy atom. The van der Waals surface area contributed by atoms with E-state index >= 15 is 0 Å². The van der Waals surface area contributed by atoms with Crippen LogP contribution in [0.25, 0.3) is 5.53 Å². The lowest BCUT2D eigenvalue weighted by Gasteiger charge is -2.03. The number of carbonyl (C=O) groups excluding carboxylic acids is 2. The quantitative estimate of drug-likeness (QED) is 0.149. The van der Waals surface area contributed by atoms with Crippen LogP contribution in [0.2, 0.25) is 0 Å². The molecule has 0 heterocycles. The number of carbonyl (C=O) groups is 2. The maximum atomic E-state index is 11.5. The number of non-ortho nitro benzene ring substituents is 1. The molecule has 0 aliphatic rings. The van der Waals surface area contributed by atoms with Crippen molar-refractivity contribution in [2.45, 2.75) is 0 Å². The standard InChI is InChI=1S/C10H7N3O5/c1-18-10(15)8-4-6(13(16)17)2-3-7(8)9(14)5-12-11/h2-5H,1H3. The zero-order chi connectivity index (χ0) is 13.7. The first-order valence-electron chi connectivity index (χ1n) is 4.59. The highest BCUT2D eigenvalue weighted by molar-refractivity contribution is 6.35. The van der Waals surface area contributed by atoms with Crippen LogP contribution < -0.4 is 0 Å². The molecule has 0 radical (unpaired) electrons. The number of Topliss-reactive ketones (excluding diaryl/α,β-unsaturated/α-hetero) is 1. The summed E-state index contributed by atoms with van der Waals surface area (Å²) in [6.45, 7) is 0. The number of nitro groups is 1. The van der Waals surface area contributed by atoms with Gasteiger partial charge in [0.1, 0.15) is 0 Å². The van der Waals surface area contributed by atoms with Crippen molar-refractivity contribution in [1.82, 2.24) is 0 Å². The molecule has 0 N–H and O–H groups in total. The van der Waals surface area contributed by atoms with Gasteiger partial charge in [-0.25, -0.2) is 4.79 Å². The normalized spacial score (nSPS) is 9.17. The molecule has 0 amide bonds. The Bertz CT molecular complexity index is 575. The number of nitro benzene ring substituents is 1. The molecule has 0 aromatic heterocycles. The summed E-state index contributed by atoms with van der Waals surface area (Å²) in [5.41, 5.74) is 7.48. The monoisotopic (exact) mass is 249 g/mol. The maximum Gasteiger partial charge on any atom is 0.338 e. The van der Waals surface area contributed by atoms with E-state index in [1.165, 1.54) is 0 Å². The van der Waals surface area contributed by atoms with Crippen LogP contribution in [0.15, 0.2) is 18.2 Å². The molecule has 0 unspecified atom stereocenters. The molecular weight excluding hydrogens is 242 g/mol. The molecule has 1 aromatic carbocycles. The van der Waals surface area contributed by atoms with Gasteiger partial charge in [0.25, 0.3) is 11.5 Å². The molecule has 0 aliphatic carbocycles. The Balaban J connectivity index is 3.42. The number of hydrogen-bond donors (Lipinski definition) is 0. The highest BCUT2D eigenvalue weighted by atomic mass is 16.6. The van der Waals surface area contributed by atoms with Crippen molar-refractivity contribution in [2.24, 2.45) is 0 Å². The molecule has 0 bridgehead atoms. The maximum absolute atomic E-state index is 11.5. The van der Waals surface area contributed by atoms with E-state index in [0.29, 0.717) is 6.21 Å². The third-order valence-electron chi connectivity index (χ3n) is 2.06. The number of rotatable bonds is 4. The lowest BCUT2D eigenvalue weighted by molar-refractivity contribution is -0.384. The number of nitrogens with zero attached hydrogens (tertiary/aromatic N) is 3. The second kappa shape index (κ2) is 5.46.